The van der Waals surface area contributed by atoms with Crippen LogP contribution in [0.2, 0.25) is 0 Å². The fourth-order valence-corrected chi connectivity index (χ4v) is 5.28. The number of hydrogen-bond acceptors (Lipinski definition) is 6. The number of esters is 1. The molecule has 0 bridgehead atoms. The van der Waals surface area contributed by atoms with Crippen molar-refractivity contribution in [2.45, 2.75) is 55.4 Å². The Balaban J connectivity index is 1.51. The molecular formula is C21H22N2O2S2. The number of ether oxygens (including phenoxy) is 1. The maximum atomic E-state index is 12.5. The van der Waals surface area contributed by atoms with Crippen molar-refractivity contribution >= 4 is 39.3 Å². The van der Waals surface area contributed by atoms with Gasteiger partial charge in [0.15, 0.2) is 0 Å². The summed E-state index contributed by atoms with van der Waals surface area (Å²) in [5, 5.41) is 1.56. The second-order valence-corrected chi connectivity index (χ2v) is 9.19. The largest absolute Gasteiger partial charge is 0.462 e. The average Bonchev–Trinajstić information content (AvgIpc) is 3.15. The molecule has 27 heavy (non-hydrogen) atoms. The first-order valence-electron chi connectivity index (χ1n) is 9.38. The smallest absolute Gasteiger partial charge is 0.319 e. The molecule has 1 saturated carbocycles. The molecule has 3 aromatic rings. The minimum atomic E-state index is -0.287. The molecule has 2 heterocycles. The van der Waals surface area contributed by atoms with Crippen LogP contribution >= 0.6 is 23.1 Å². The molecule has 2 aromatic heterocycles. The van der Waals surface area contributed by atoms with Crippen LogP contribution in [0.5, 0.6) is 0 Å². The fraction of sp³-hybridized carbons (Fsp3) is 0.381. The summed E-state index contributed by atoms with van der Waals surface area (Å²) in [7, 11) is 0. The van der Waals surface area contributed by atoms with Gasteiger partial charge in [0, 0.05) is 10.3 Å². The quantitative estimate of drug-likeness (QED) is 0.313. The highest BCUT2D eigenvalue weighted by Crippen LogP contribution is 2.37. The third-order valence-corrected chi connectivity index (χ3v) is 6.99. The summed E-state index contributed by atoms with van der Waals surface area (Å²) in [6.07, 6.45) is 7.21. The summed E-state index contributed by atoms with van der Waals surface area (Å²) in [4.78, 5) is 23.4. The van der Waals surface area contributed by atoms with Crippen LogP contribution in [0.15, 0.2) is 47.8 Å². The van der Waals surface area contributed by atoms with E-state index < -0.39 is 0 Å². The lowest BCUT2D eigenvalue weighted by Crippen LogP contribution is -2.26. The average molecular weight is 399 g/mol. The molecule has 0 amide bonds. The molecular weight excluding hydrogens is 376 g/mol. The van der Waals surface area contributed by atoms with Gasteiger partial charge >= 0.3 is 5.97 Å². The van der Waals surface area contributed by atoms with Crippen LogP contribution in [0.3, 0.4) is 0 Å². The second kappa shape index (κ2) is 8.40. The number of hydrogen-bond donors (Lipinski definition) is 0. The van der Waals surface area contributed by atoms with Crippen molar-refractivity contribution in [2.24, 2.45) is 0 Å². The lowest BCUT2D eigenvalue weighted by molar-refractivity contribution is -0.149. The third-order valence-electron chi connectivity index (χ3n) is 4.81. The molecule has 1 aliphatic carbocycles. The molecule has 0 unspecified atom stereocenters. The molecule has 4 rings (SSSR count). The lowest BCUT2D eigenvalue weighted by Gasteiger charge is -2.23. The number of fused-ring (bicyclic) bond motifs is 1. The zero-order valence-electron chi connectivity index (χ0n) is 15.3. The number of thioether (sulfide) groups is 1. The zero-order chi connectivity index (χ0) is 18.6. The topological polar surface area (TPSA) is 52.1 Å². The normalized spacial score (nSPS) is 16.3. The number of carbonyl (C=O) groups is 1. The predicted molar refractivity (Wildman–Crippen MR) is 111 cm³/mol. The van der Waals surface area contributed by atoms with Gasteiger partial charge in [-0.2, -0.15) is 0 Å². The second-order valence-electron chi connectivity index (χ2n) is 6.83. The van der Waals surface area contributed by atoms with Gasteiger partial charge in [0.05, 0.1) is 0 Å². The Hall–Kier alpha value is -1.92. The van der Waals surface area contributed by atoms with E-state index in [4.69, 9.17) is 4.74 Å². The van der Waals surface area contributed by atoms with Crippen LogP contribution in [0.1, 0.15) is 39.0 Å². The van der Waals surface area contributed by atoms with Gasteiger partial charge in [0.2, 0.25) is 0 Å². The first-order valence-corrected chi connectivity index (χ1v) is 11.1. The molecule has 1 aromatic carbocycles. The van der Waals surface area contributed by atoms with Gasteiger partial charge in [-0.05, 0) is 44.2 Å². The molecule has 0 spiro atoms. The molecule has 1 aliphatic rings. The minimum absolute atomic E-state index is 0.0885. The van der Waals surface area contributed by atoms with E-state index >= 15 is 0 Å². The minimum Gasteiger partial charge on any atom is -0.462 e. The van der Waals surface area contributed by atoms with Gasteiger partial charge in [0.25, 0.3) is 0 Å². The predicted octanol–water partition coefficient (Wildman–Crippen LogP) is 5.71. The van der Waals surface area contributed by atoms with Crippen molar-refractivity contribution in [1.29, 1.82) is 0 Å². The summed E-state index contributed by atoms with van der Waals surface area (Å²) in [6.45, 7) is 1.90. The summed E-state index contributed by atoms with van der Waals surface area (Å²) in [5.74, 6) is -0.142. The number of benzene rings is 1. The summed E-state index contributed by atoms with van der Waals surface area (Å²) in [6, 6.07) is 12.4. The van der Waals surface area contributed by atoms with Gasteiger partial charge < -0.3 is 4.74 Å². The SMILES string of the molecule is C[C@@H](Sc1ncnc2sc(-c3ccccc3)cc12)C(=O)OC1CCCCC1. The van der Waals surface area contributed by atoms with E-state index in [0.29, 0.717) is 0 Å². The van der Waals surface area contributed by atoms with Crippen LogP contribution in [-0.2, 0) is 9.53 Å². The van der Waals surface area contributed by atoms with Crippen LogP contribution in [0.4, 0.5) is 0 Å². The van der Waals surface area contributed by atoms with Crippen LogP contribution in [0.25, 0.3) is 20.7 Å². The van der Waals surface area contributed by atoms with E-state index in [1.807, 2.05) is 25.1 Å². The highest BCUT2D eigenvalue weighted by Gasteiger charge is 2.24. The fourth-order valence-electron chi connectivity index (χ4n) is 3.33. The van der Waals surface area contributed by atoms with Crippen molar-refractivity contribution in [3.63, 3.8) is 0 Å². The zero-order valence-corrected chi connectivity index (χ0v) is 16.9. The molecule has 140 valence electrons. The Morgan fingerprint density at radius 1 is 1.19 bits per heavy atom. The van der Waals surface area contributed by atoms with Gasteiger partial charge in [-0.25, -0.2) is 9.97 Å². The van der Waals surface area contributed by atoms with Crippen molar-refractivity contribution < 1.29 is 9.53 Å². The Morgan fingerprint density at radius 3 is 2.74 bits per heavy atom. The van der Waals surface area contributed by atoms with Crippen LogP contribution in [0, 0.1) is 0 Å². The Labute approximate surface area is 167 Å². The van der Waals surface area contributed by atoms with Crippen molar-refractivity contribution in [2.75, 3.05) is 0 Å². The van der Waals surface area contributed by atoms with E-state index in [9.17, 15) is 4.79 Å². The number of nitrogens with zero attached hydrogens (tertiary/aromatic N) is 2. The number of aromatic nitrogens is 2. The molecule has 1 atom stereocenters. The molecule has 0 aliphatic heterocycles. The number of carbonyl (C=O) groups excluding carboxylic acids is 1. The van der Waals surface area contributed by atoms with E-state index in [1.54, 1.807) is 17.7 Å². The maximum absolute atomic E-state index is 12.5. The van der Waals surface area contributed by atoms with Gasteiger partial charge in [-0.1, -0.05) is 48.5 Å². The van der Waals surface area contributed by atoms with E-state index in [2.05, 4.69) is 28.2 Å². The van der Waals surface area contributed by atoms with Crippen molar-refractivity contribution in [3.05, 3.63) is 42.7 Å². The monoisotopic (exact) mass is 398 g/mol. The Kier molecular flexibility index (Phi) is 5.74. The van der Waals surface area contributed by atoms with E-state index in [1.165, 1.54) is 23.7 Å². The molecule has 0 radical (unpaired) electrons. The summed E-state index contributed by atoms with van der Waals surface area (Å²) < 4.78 is 5.71. The maximum Gasteiger partial charge on any atom is 0.319 e. The first kappa shape index (κ1) is 18.4. The molecule has 6 heteroatoms. The summed E-state index contributed by atoms with van der Waals surface area (Å²) >= 11 is 3.11. The molecule has 0 N–H and O–H groups in total. The standard InChI is InChI=1S/C21H22N2O2S2/c1-14(21(24)25-16-10-6-3-7-11-16)26-19-17-12-18(15-8-4-2-5-9-15)27-20(17)23-13-22-19/h2,4-5,8-9,12-14,16H,3,6-7,10-11H2,1H3/t14-/m1/s1. The first-order chi connectivity index (χ1) is 13.2. The number of thiophene rings is 1. The molecule has 0 saturated heterocycles. The Morgan fingerprint density at radius 2 is 1.96 bits per heavy atom. The molecule has 4 nitrogen and oxygen atoms in total. The van der Waals surface area contributed by atoms with Crippen molar-refractivity contribution in [1.82, 2.24) is 9.97 Å². The summed E-state index contributed by atoms with van der Waals surface area (Å²) in [5.41, 5.74) is 1.17. The van der Waals surface area contributed by atoms with E-state index in [0.717, 1.165) is 45.8 Å². The van der Waals surface area contributed by atoms with Gasteiger partial charge in [-0.3, -0.25) is 4.79 Å². The molecule has 1 fully saturated rings. The van der Waals surface area contributed by atoms with E-state index in [-0.39, 0.29) is 17.3 Å². The highest BCUT2D eigenvalue weighted by atomic mass is 32.2. The van der Waals surface area contributed by atoms with Crippen LogP contribution < -0.4 is 0 Å². The number of rotatable bonds is 5. The van der Waals surface area contributed by atoms with Crippen molar-refractivity contribution in [3.8, 4) is 10.4 Å². The lowest BCUT2D eigenvalue weighted by atomic mass is 9.98. The van der Waals surface area contributed by atoms with Gasteiger partial charge in [0.1, 0.15) is 27.5 Å². The third kappa shape index (κ3) is 4.33. The Bertz CT molecular complexity index is 920. The highest BCUT2D eigenvalue weighted by molar-refractivity contribution is 8.00. The van der Waals surface area contributed by atoms with Crippen LogP contribution in [-0.4, -0.2) is 27.3 Å². The van der Waals surface area contributed by atoms with Gasteiger partial charge in [-0.15, -0.1) is 11.3 Å².